The standard InChI is InChI=1S/C48H76FN6O9P/c1-5-8-10-12-14-16-18-20-22-27-31-60-45(57)37(4)64-65(59,62-35-48(7-3)40(56)34-41(63-48)55-36-51-42-43(50)52-47(49)53-44(42)55)54-39(33-38-29-25-24-26-30-38)46(58)61-32-28-23-21-19-17-15-13-11-9-6-2/h7,24-26,29-30,36-37,39-41,56H,3,5-6,8-23,27-28,31-35H2,1-2,4H3,(H,54,59)(H2,50,52,53)/t37-,39-,40-,41+,48+,65?/m0/s1. The third kappa shape index (κ3) is 18.1. The van der Waals surface area contributed by atoms with Gasteiger partial charge in [-0.2, -0.15) is 14.4 Å². The number of ether oxygens (including phenoxy) is 3. The monoisotopic (exact) mass is 931 g/mol. The number of aliphatic hydroxyl groups excluding tert-OH is 1. The topological polar surface area (TPSA) is 199 Å². The number of rotatable bonds is 35. The van der Waals surface area contributed by atoms with Crippen molar-refractivity contribution in [1.82, 2.24) is 24.6 Å². The van der Waals surface area contributed by atoms with Crippen molar-refractivity contribution in [2.24, 2.45) is 0 Å². The highest BCUT2D eigenvalue weighted by atomic mass is 31.2. The predicted octanol–water partition coefficient (Wildman–Crippen LogP) is 10.4. The third-order valence-corrected chi connectivity index (χ3v) is 13.6. The molecule has 0 radical (unpaired) electrons. The van der Waals surface area contributed by atoms with Crippen molar-refractivity contribution in [1.29, 1.82) is 0 Å². The van der Waals surface area contributed by atoms with Crippen LogP contribution in [0.15, 0.2) is 49.3 Å². The first-order chi connectivity index (χ1) is 31.4. The summed E-state index contributed by atoms with van der Waals surface area (Å²) in [6.45, 7) is 9.41. The van der Waals surface area contributed by atoms with E-state index >= 15 is 4.57 Å². The van der Waals surface area contributed by atoms with E-state index in [0.29, 0.717) is 12.8 Å². The number of hydrogen-bond donors (Lipinski definition) is 3. The van der Waals surface area contributed by atoms with Crippen LogP contribution in [0.25, 0.3) is 11.2 Å². The van der Waals surface area contributed by atoms with E-state index in [1.165, 1.54) is 101 Å². The Morgan fingerprint density at radius 1 is 0.908 bits per heavy atom. The summed E-state index contributed by atoms with van der Waals surface area (Å²) in [5.41, 5.74) is 5.08. The van der Waals surface area contributed by atoms with Crippen LogP contribution in [0.4, 0.5) is 10.2 Å². The van der Waals surface area contributed by atoms with Crippen LogP contribution in [0.3, 0.4) is 0 Å². The van der Waals surface area contributed by atoms with Crippen molar-refractivity contribution in [3.05, 3.63) is 61.0 Å². The summed E-state index contributed by atoms with van der Waals surface area (Å²) in [6, 6.07) is 7.90. The van der Waals surface area contributed by atoms with Crippen molar-refractivity contribution < 1.29 is 46.9 Å². The molecule has 17 heteroatoms. The SMILES string of the molecule is C=C[C@]1(COP(=O)(N[C@@H](Cc2ccccc2)C(=O)OCCCCCCCCCCCC)O[C@@H](C)C(=O)OCCCCCCCCCCCC)O[C@@H](n2cnc3c(N)nc(F)nc32)C[C@@H]1O. The second kappa shape index (κ2) is 29.1. The van der Waals surface area contributed by atoms with Gasteiger partial charge in [-0.15, -0.1) is 6.58 Å². The zero-order valence-electron chi connectivity index (χ0n) is 39.1. The molecule has 1 saturated heterocycles. The smallest absolute Gasteiger partial charge is 0.407 e. The summed E-state index contributed by atoms with van der Waals surface area (Å²) in [7, 11) is -4.68. The van der Waals surface area contributed by atoms with Gasteiger partial charge in [-0.25, -0.2) is 19.4 Å². The number of imidazole rings is 1. The van der Waals surface area contributed by atoms with E-state index < -0.39 is 62.4 Å². The van der Waals surface area contributed by atoms with E-state index in [1.54, 1.807) is 0 Å². The zero-order valence-corrected chi connectivity index (χ0v) is 40.0. The van der Waals surface area contributed by atoms with Gasteiger partial charge >= 0.3 is 25.8 Å². The van der Waals surface area contributed by atoms with Crippen molar-refractivity contribution in [3.8, 4) is 0 Å². The lowest BCUT2D eigenvalue weighted by atomic mass is 9.98. The van der Waals surface area contributed by atoms with Gasteiger partial charge in [0, 0.05) is 6.42 Å². The molecule has 0 aliphatic carbocycles. The van der Waals surface area contributed by atoms with Crippen LogP contribution < -0.4 is 10.8 Å². The average Bonchev–Trinajstić information content (AvgIpc) is 3.87. The molecule has 15 nitrogen and oxygen atoms in total. The number of unbranched alkanes of at least 4 members (excludes halogenated alkanes) is 18. The number of hydrogen-bond acceptors (Lipinski definition) is 13. The third-order valence-electron chi connectivity index (χ3n) is 11.9. The summed E-state index contributed by atoms with van der Waals surface area (Å²) in [5.74, 6) is -1.61. The summed E-state index contributed by atoms with van der Waals surface area (Å²) in [6.07, 6.45) is 20.3. The van der Waals surface area contributed by atoms with E-state index in [1.807, 2.05) is 30.3 Å². The number of aromatic nitrogens is 4. The van der Waals surface area contributed by atoms with Crippen molar-refractivity contribution in [3.63, 3.8) is 0 Å². The molecule has 6 atom stereocenters. The van der Waals surface area contributed by atoms with Gasteiger partial charge in [-0.3, -0.25) is 18.4 Å². The van der Waals surface area contributed by atoms with Gasteiger partial charge in [0.1, 0.15) is 17.9 Å². The minimum Gasteiger partial charge on any atom is -0.465 e. The van der Waals surface area contributed by atoms with Gasteiger partial charge in [-0.05, 0) is 31.7 Å². The fourth-order valence-corrected chi connectivity index (χ4v) is 9.58. The molecule has 0 bridgehead atoms. The Morgan fingerprint density at radius 3 is 2.00 bits per heavy atom. The fraction of sp³-hybridized carbons (Fsp3) is 0.688. The number of carbonyl (C=O) groups excluding carboxylic acids is 2. The number of aliphatic hydroxyl groups is 1. The van der Waals surface area contributed by atoms with Crippen molar-refractivity contribution in [2.75, 3.05) is 25.6 Å². The average molecular weight is 931 g/mol. The number of anilines is 1. The number of benzene rings is 1. The second-order valence-corrected chi connectivity index (χ2v) is 19.0. The molecule has 0 spiro atoms. The molecule has 65 heavy (non-hydrogen) atoms. The zero-order chi connectivity index (χ0) is 46.9. The van der Waals surface area contributed by atoms with Crippen LogP contribution in [-0.4, -0.2) is 80.2 Å². The van der Waals surface area contributed by atoms with E-state index in [0.717, 1.165) is 44.1 Å². The number of esters is 2. The molecule has 1 fully saturated rings. The van der Waals surface area contributed by atoms with E-state index in [2.05, 4.69) is 40.5 Å². The van der Waals surface area contributed by atoms with Crippen LogP contribution in [0.5, 0.6) is 0 Å². The minimum atomic E-state index is -4.68. The Hall–Kier alpha value is -3.79. The molecular weight excluding hydrogens is 855 g/mol. The van der Waals surface area contributed by atoms with Crippen LogP contribution in [0.2, 0.25) is 0 Å². The molecule has 1 unspecified atom stereocenters. The molecule has 1 aliphatic rings. The first kappa shape index (κ1) is 53.8. The maximum absolute atomic E-state index is 15.0. The maximum atomic E-state index is 15.0. The van der Waals surface area contributed by atoms with Crippen LogP contribution in [-0.2, 0) is 43.8 Å². The van der Waals surface area contributed by atoms with Crippen LogP contribution in [0, 0.1) is 6.08 Å². The van der Waals surface area contributed by atoms with Crippen molar-refractivity contribution >= 4 is 36.7 Å². The maximum Gasteiger partial charge on any atom is 0.407 e. The van der Waals surface area contributed by atoms with Gasteiger partial charge < -0.3 is 25.1 Å². The van der Waals surface area contributed by atoms with Gasteiger partial charge in [-0.1, -0.05) is 166 Å². The Morgan fingerprint density at radius 2 is 1.45 bits per heavy atom. The first-order valence-electron chi connectivity index (χ1n) is 24.2. The largest absolute Gasteiger partial charge is 0.465 e. The van der Waals surface area contributed by atoms with E-state index in [-0.39, 0.29) is 43.0 Å². The molecule has 1 aliphatic heterocycles. The lowest BCUT2D eigenvalue weighted by molar-refractivity contribution is -0.152. The fourth-order valence-electron chi connectivity index (χ4n) is 7.94. The number of nitrogen functional groups attached to an aromatic ring is 1. The molecule has 1 aromatic carbocycles. The van der Waals surface area contributed by atoms with Crippen LogP contribution >= 0.6 is 7.75 Å². The number of nitrogens with two attached hydrogens (primary N) is 1. The molecule has 0 saturated carbocycles. The molecule has 4 rings (SSSR count). The van der Waals surface area contributed by atoms with Gasteiger partial charge in [0.15, 0.2) is 23.1 Å². The number of nitrogens with one attached hydrogen (secondary N) is 1. The van der Waals surface area contributed by atoms with Gasteiger partial charge in [0.2, 0.25) is 0 Å². The Balaban J connectivity index is 1.45. The molecule has 364 valence electrons. The van der Waals surface area contributed by atoms with E-state index in [9.17, 15) is 19.1 Å². The molecular formula is C48H76FN6O9P. The lowest BCUT2D eigenvalue weighted by Crippen LogP contribution is -2.44. The minimum absolute atomic E-state index is 0.0360. The van der Waals surface area contributed by atoms with Gasteiger partial charge in [0.25, 0.3) is 0 Å². The normalized spacial score (nSPS) is 19.2. The number of halogens is 1. The first-order valence-corrected chi connectivity index (χ1v) is 25.7. The lowest BCUT2D eigenvalue weighted by Gasteiger charge is -2.32. The van der Waals surface area contributed by atoms with Crippen molar-refractivity contribution in [2.45, 2.75) is 192 Å². The highest BCUT2D eigenvalue weighted by Gasteiger charge is 2.50. The van der Waals surface area contributed by atoms with Gasteiger partial charge in [0.05, 0.1) is 32.3 Å². The second-order valence-electron chi connectivity index (χ2n) is 17.3. The number of fused-ring (bicyclic) bond motifs is 1. The summed E-state index contributed by atoms with van der Waals surface area (Å²) in [5, 5.41) is 14.2. The number of nitrogens with zero attached hydrogens (tertiary/aromatic N) is 4. The summed E-state index contributed by atoms with van der Waals surface area (Å²) < 4.78 is 60.2. The molecule has 2 aromatic heterocycles. The molecule has 3 heterocycles. The highest BCUT2D eigenvalue weighted by molar-refractivity contribution is 7.51. The molecule has 0 amide bonds. The summed E-state index contributed by atoms with van der Waals surface area (Å²) in [4.78, 5) is 38.7. The molecule has 4 N–H and O–H groups in total. The number of carbonyl (C=O) groups is 2. The van der Waals surface area contributed by atoms with Crippen LogP contribution in [0.1, 0.15) is 167 Å². The molecule has 3 aromatic rings. The highest BCUT2D eigenvalue weighted by Crippen LogP contribution is 2.49. The Bertz CT molecular complexity index is 1910. The quantitative estimate of drug-likeness (QED) is 0.0165. The van der Waals surface area contributed by atoms with E-state index in [4.69, 9.17) is 29.0 Å². The Kier molecular flexibility index (Phi) is 24.1. The predicted molar refractivity (Wildman–Crippen MR) is 250 cm³/mol. The summed E-state index contributed by atoms with van der Waals surface area (Å²) >= 11 is 0. The Labute approximate surface area is 385 Å².